The number of fused-ring (bicyclic) bond motifs is 1. The molecule has 1 N–H and O–H groups in total. The van der Waals surface area contributed by atoms with Gasteiger partial charge in [0.2, 0.25) is 5.91 Å². The highest BCUT2D eigenvalue weighted by molar-refractivity contribution is 6.42. The zero-order valence-corrected chi connectivity index (χ0v) is 18.0. The van der Waals surface area contributed by atoms with Crippen LogP contribution < -0.4 is 5.32 Å². The maximum atomic E-state index is 12.4. The number of hydrogen-bond donors (Lipinski definition) is 1. The van der Waals surface area contributed by atoms with Gasteiger partial charge in [0.25, 0.3) is 0 Å². The Hall–Kier alpha value is -2.76. The SMILES string of the molecule is Cc1ccc(Cc2nc3cc(Cl)c(Cl)cc3n2CCC(=O)NCc2ccco2)cc1. The van der Waals surface area contributed by atoms with E-state index in [1.165, 1.54) is 5.56 Å². The van der Waals surface area contributed by atoms with Crippen molar-refractivity contribution in [1.82, 2.24) is 14.9 Å². The first-order valence-corrected chi connectivity index (χ1v) is 10.4. The predicted molar refractivity (Wildman–Crippen MR) is 119 cm³/mol. The van der Waals surface area contributed by atoms with E-state index in [2.05, 4.69) is 36.5 Å². The maximum Gasteiger partial charge on any atom is 0.222 e. The molecule has 30 heavy (non-hydrogen) atoms. The van der Waals surface area contributed by atoms with Crippen LogP contribution in [0.15, 0.2) is 59.2 Å². The average Bonchev–Trinajstić information content (AvgIpc) is 3.35. The van der Waals surface area contributed by atoms with Gasteiger partial charge in [-0.3, -0.25) is 4.79 Å². The second-order valence-corrected chi connectivity index (χ2v) is 8.02. The monoisotopic (exact) mass is 441 g/mol. The fourth-order valence-corrected chi connectivity index (χ4v) is 3.66. The number of nitrogens with one attached hydrogen (secondary N) is 1. The summed E-state index contributed by atoms with van der Waals surface area (Å²) < 4.78 is 7.30. The van der Waals surface area contributed by atoms with Gasteiger partial charge in [-0.2, -0.15) is 0 Å². The second-order valence-electron chi connectivity index (χ2n) is 7.20. The van der Waals surface area contributed by atoms with Crippen LogP contribution in [0.5, 0.6) is 0 Å². The molecule has 0 saturated heterocycles. The highest BCUT2D eigenvalue weighted by atomic mass is 35.5. The van der Waals surface area contributed by atoms with Gasteiger partial charge in [0.1, 0.15) is 11.6 Å². The van der Waals surface area contributed by atoms with E-state index in [1.54, 1.807) is 18.4 Å². The Morgan fingerprint density at radius 2 is 1.90 bits per heavy atom. The number of amides is 1. The Morgan fingerprint density at radius 3 is 2.63 bits per heavy atom. The number of imidazole rings is 1. The number of aryl methyl sites for hydroxylation is 2. The van der Waals surface area contributed by atoms with E-state index in [0.717, 1.165) is 28.2 Å². The molecule has 0 aliphatic carbocycles. The summed E-state index contributed by atoms with van der Waals surface area (Å²) in [4.78, 5) is 17.1. The average molecular weight is 442 g/mol. The van der Waals surface area contributed by atoms with Crippen LogP contribution in [-0.2, 0) is 24.3 Å². The molecule has 154 valence electrons. The lowest BCUT2D eigenvalue weighted by Crippen LogP contribution is -2.24. The number of carbonyl (C=O) groups excluding carboxylic acids is 1. The molecule has 0 unspecified atom stereocenters. The zero-order chi connectivity index (χ0) is 21.1. The summed E-state index contributed by atoms with van der Waals surface area (Å²) in [5, 5.41) is 3.81. The molecule has 4 rings (SSSR count). The molecule has 0 spiro atoms. The Kier molecular flexibility index (Phi) is 6.11. The first-order chi connectivity index (χ1) is 14.5. The van der Waals surface area contributed by atoms with E-state index in [-0.39, 0.29) is 5.91 Å². The van der Waals surface area contributed by atoms with Crippen LogP contribution >= 0.6 is 23.2 Å². The van der Waals surface area contributed by atoms with E-state index in [1.807, 2.05) is 16.7 Å². The summed E-state index contributed by atoms with van der Waals surface area (Å²) in [6, 6.07) is 15.6. The van der Waals surface area contributed by atoms with Gasteiger partial charge in [0, 0.05) is 19.4 Å². The van der Waals surface area contributed by atoms with Crippen molar-refractivity contribution in [2.45, 2.75) is 32.9 Å². The number of aromatic nitrogens is 2. The topological polar surface area (TPSA) is 60.1 Å². The van der Waals surface area contributed by atoms with Crippen LogP contribution in [-0.4, -0.2) is 15.5 Å². The smallest absolute Gasteiger partial charge is 0.222 e. The van der Waals surface area contributed by atoms with E-state index < -0.39 is 0 Å². The lowest BCUT2D eigenvalue weighted by molar-refractivity contribution is -0.121. The van der Waals surface area contributed by atoms with Gasteiger partial charge in [0.05, 0.1) is 33.9 Å². The summed E-state index contributed by atoms with van der Waals surface area (Å²) >= 11 is 12.4. The lowest BCUT2D eigenvalue weighted by atomic mass is 10.1. The summed E-state index contributed by atoms with van der Waals surface area (Å²) in [6.07, 6.45) is 2.55. The molecule has 0 bridgehead atoms. The number of rotatable bonds is 7. The van der Waals surface area contributed by atoms with Crippen molar-refractivity contribution in [3.8, 4) is 0 Å². The lowest BCUT2D eigenvalue weighted by Gasteiger charge is -2.10. The van der Waals surface area contributed by atoms with Crippen molar-refractivity contribution in [3.63, 3.8) is 0 Å². The van der Waals surface area contributed by atoms with Gasteiger partial charge in [-0.15, -0.1) is 0 Å². The van der Waals surface area contributed by atoms with Crippen molar-refractivity contribution >= 4 is 40.1 Å². The van der Waals surface area contributed by atoms with Crippen LogP contribution in [0.1, 0.15) is 29.1 Å². The molecule has 2 aromatic heterocycles. The van der Waals surface area contributed by atoms with E-state index in [9.17, 15) is 4.79 Å². The Morgan fingerprint density at radius 1 is 1.13 bits per heavy atom. The van der Waals surface area contributed by atoms with Gasteiger partial charge < -0.3 is 14.3 Å². The minimum Gasteiger partial charge on any atom is -0.467 e. The molecule has 0 aliphatic heterocycles. The fraction of sp³-hybridized carbons (Fsp3) is 0.217. The third-order valence-electron chi connectivity index (χ3n) is 4.95. The van der Waals surface area contributed by atoms with E-state index in [4.69, 9.17) is 32.6 Å². The van der Waals surface area contributed by atoms with Crippen molar-refractivity contribution in [1.29, 1.82) is 0 Å². The standard InChI is InChI=1S/C23H21Cl2N3O2/c1-15-4-6-16(7-5-15)11-22-27-20-12-18(24)19(25)13-21(20)28(22)9-8-23(29)26-14-17-3-2-10-30-17/h2-7,10,12-13H,8-9,11,14H2,1H3,(H,26,29). The summed E-state index contributed by atoms with van der Waals surface area (Å²) in [5.41, 5.74) is 3.99. The number of halogens is 2. The molecule has 0 radical (unpaired) electrons. The predicted octanol–water partition coefficient (Wildman–Crippen LogP) is 5.54. The maximum absolute atomic E-state index is 12.4. The normalized spacial score (nSPS) is 11.2. The molecule has 4 aromatic rings. The van der Waals surface area contributed by atoms with Crippen molar-refractivity contribution in [3.05, 3.63) is 87.6 Å². The number of nitrogens with zero attached hydrogens (tertiary/aromatic N) is 2. The van der Waals surface area contributed by atoms with Crippen LogP contribution in [0.2, 0.25) is 10.0 Å². The van der Waals surface area contributed by atoms with Gasteiger partial charge >= 0.3 is 0 Å². The van der Waals surface area contributed by atoms with Crippen LogP contribution in [0.4, 0.5) is 0 Å². The molecule has 1 amide bonds. The van der Waals surface area contributed by atoms with Crippen LogP contribution in [0.3, 0.4) is 0 Å². The molecular formula is C23H21Cl2N3O2. The molecule has 5 nitrogen and oxygen atoms in total. The first-order valence-electron chi connectivity index (χ1n) is 9.68. The van der Waals surface area contributed by atoms with E-state index >= 15 is 0 Å². The Labute approximate surface area is 184 Å². The first kappa shape index (κ1) is 20.5. The molecule has 0 aliphatic rings. The molecule has 0 fully saturated rings. The quantitative estimate of drug-likeness (QED) is 0.409. The Bertz CT molecular complexity index is 1170. The molecule has 2 heterocycles. The molecule has 0 saturated carbocycles. The van der Waals surface area contributed by atoms with Crippen molar-refractivity contribution in [2.75, 3.05) is 0 Å². The number of hydrogen-bond acceptors (Lipinski definition) is 3. The highest BCUT2D eigenvalue weighted by Crippen LogP contribution is 2.29. The van der Waals surface area contributed by atoms with Gasteiger partial charge in [-0.05, 0) is 36.8 Å². The van der Waals surface area contributed by atoms with Crippen LogP contribution in [0, 0.1) is 6.92 Å². The molecule has 0 atom stereocenters. The van der Waals surface area contributed by atoms with Gasteiger partial charge in [0.15, 0.2) is 0 Å². The number of benzene rings is 2. The summed E-state index contributed by atoms with van der Waals surface area (Å²) in [6.45, 7) is 2.91. The molecule has 2 aromatic carbocycles. The zero-order valence-electron chi connectivity index (χ0n) is 16.5. The van der Waals surface area contributed by atoms with Crippen LogP contribution in [0.25, 0.3) is 11.0 Å². The van der Waals surface area contributed by atoms with Crippen molar-refractivity contribution in [2.24, 2.45) is 0 Å². The second kappa shape index (κ2) is 8.94. The largest absolute Gasteiger partial charge is 0.467 e. The number of furan rings is 1. The third-order valence-corrected chi connectivity index (χ3v) is 5.68. The summed E-state index contributed by atoms with van der Waals surface area (Å²) in [7, 11) is 0. The summed E-state index contributed by atoms with van der Waals surface area (Å²) in [5.74, 6) is 1.53. The van der Waals surface area contributed by atoms with Gasteiger partial charge in [-0.25, -0.2) is 4.98 Å². The van der Waals surface area contributed by atoms with Gasteiger partial charge in [-0.1, -0.05) is 53.0 Å². The highest BCUT2D eigenvalue weighted by Gasteiger charge is 2.15. The third kappa shape index (κ3) is 4.69. The molecular weight excluding hydrogens is 421 g/mol. The minimum atomic E-state index is -0.0606. The number of carbonyl (C=O) groups is 1. The fourth-order valence-electron chi connectivity index (χ4n) is 3.34. The minimum absolute atomic E-state index is 0.0606. The Balaban J connectivity index is 1.56. The molecule has 7 heteroatoms. The van der Waals surface area contributed by atoms with E-state index in [0.29, 0.717) is 36.0 Å². The van der Waals surface area contributed by atoms with Crippen molar-refractivity contribution < 1.29 is 9.21 Å².